The van der Waals surface area contributed by atoms with E-state index in [0.29, 0.717) is 28.6 Å². The molecule has 8 rings (SSSR count). The minimum Gasteiger partial charge on any atom is -0.323 e. The average molecular weight is 467 g/mol. The van der Waals surface area contributed by atoms with Crippen molar-refractivity contribution < 1.29 is 4.79 Å². The van der Waals surface area contributed by atoms with E-state index >= 15 is 0 Å². The first-order chi connectivity index (χ1) is 16.1. The Morgan fingerprint density at radius 2 is 1.64 bits per heavy atom. The SMILES string of the molecule is O=C(N1CC2(CC(c3nc(C4CC4)n[nH]3)C2)C1)N1CC2(CN(Cc3snnc3C3CC3)C2)C1. The van der Waals surface area contributed by atoms with Crippen molar-refractivity contribution in [2.75, 3.05) is 39.3 Å². The highest BCUT2D eigenvalue weighted by Gasteiger charge is 2.58. The van der Waals surface area contributed by atoms with Crippen molar-refractivity contribution >= 4 is 17.6 Å². The highest BCUT2D eigenvalue weighted by atomic mass is 32.1. The molecule has 2 aromatic rings. The highest BCUT2D eigenvalue weighted by molar-refractivity contribution is 7.05. The molecule has 3 saturated heterocycles. The summed E-state index contributed by atoms with van der Waals surface area (Å²) >= 11 is 1.57. The smallest absolute Gasteiger partial charge is 0.320 e. The zero-order valence-electron chi connectivity index (χ0n) is 18.9. The van der Waals surface area contributed by atoms with E-state index in [0.717, 1.165) is 70.3 Å². The summed E-state index contributed by atoms with van der Waals surface area (Å²) < 4.78 is 4.19. The number of hydrogen-bond donors (Lipinski definition) is 1. The Morgan fingerprint density at radius 3 is 2.33 bits per heavy atom. The number of carbonyl (C=O) groups is 1. The van der Waals surface area contributed by atoms with Gasteiger partial charge in [-0.2, -0.15) is 5.10 Å². The van der Waals surface area contributed by atoms with Gasteiger partial charge in [0.2, 0.25) is 0 Å². The van der Waals surface area contributed by atoms with Crippen LogP contribution in [-0.4, -0.2) is 84.8 Å². The van der Waals surface area contributed by atoms with E-state index < -0.39 is 0 Å². The maximum absolute atomic E-state index is 13.0. The maximum atomic E-state index is 13.0. The lowest BCUT2D eigenvalue weighted by molar-refractivity contribution is -0.116. The number of urea groups is 1. The molecule has 10 heteroatoms. The van der Waals surface area contributed by atoms with Crippen LogP contribution in [-0.2, 0) is 6.54 Å². The number of carbonyl (C=O) groups excluding carboxylic acids is 1. The monoisotopic (exact) mass is 466 g/mol. The number of aromatic nitrogens is 5. The average Bonchev–Trinajstić information content (AvgIpc) is 3.62. The Hall–Kier alpha value is -2.07. The van der Waals surface area contributed by atoms with Gasteiger partial charge >= 0.3 is 6.03 Å². The first-order valence-electron chi connectivity index (χ1n) is 12.6. The Balaban J connectivity index is 0.794. The summed E-state index contributed by atoms with van der Waals surface area (Å²) in [4.78, 5) is 25.7. The van der Waals surface area contributed by atoms with E-state index in [1.54, 1.807) is 11.5 Å². The Morgan fingerprint density at radius 1 is 0.939 bits per heavy atom. The fraction of sp³-hybridized carbons (Fsp3) is 0.783. The first kappa shape index (κ1) is 19.3. The molecule has 0 aromatic carbocycles. The Labute approximate surface area is 197 Å². The van der Waals surface area contributed by atoms with E-state index in [-0.39, 0.29) is 6.03 Å². The molecule has 2 amide bonds. The molecule has 3 saturated carbocycles. The van der Waals surface area contributed by atoms with Gasteiger partial charge in [-0.3, -0.25) is 10.00 Å². The number of amides is 2. The van der Waals surface area contributed by atoms with Gasteiger partial charge in [-0.25, -0.2) is 9.78 Å². The van der Waals surface area contributed by atoms with Gasteiger partial charge in [0.15, 0.2) is 5.82 Å². The van der Waals surface area contributed by atoms with Crippen LogP contribution in [0.1, 0.15) is 78.5 Å². The molecule has 3 aliphatic carbocycles. The molecular weight excluding hydrogens is 436 g/mol. The molecule has 174 valence electrons. The minimum absolute atomic E-state index is 0.256. The molecule has 0 atom stereocenters. The molecule has 0 radical (unpaired) electrons. The molecule has 33 heavy (non-hydrogen) atoms. The van der Waals surface area contributed by atoms with Crippen molar-refractivity contribution in [3.8, 4) is 0 Å². The predicted molar refractivity (Wildman–Crippen MR) is 121 cm³/mol. The van der Waals surface area contributed by atoms with Crippen molar-refractivity contribution in [3.05, 3.63) is 22.2 Å². The quantitative estimate of drug-likeness (QED) is 0.728. The lowest BCUT2D eigenvalue weighted by atomic mass is 9.57. The fourth-order valence-electron chi connectivity index (χ4n) is 6.84. The van der Waals surface area contributed by atoms with E-state index in [9.17, 15) is 4.79 Å². The summed E-state index contributed by atoms with van der Waals surface area (Å²) in [5.74, 6) is 3.88. The minimum atomic E-state index is 0.256. The molecule has 3 aliphatic heterocycles. The fourth-order valence-corrected chi connectivity index (χ4v) is 7.61. The third-order valence-electron chi connectivity index (χ3n) is 8.89. The number of nitrogens with one attached hydrogen (secondary N) is 1. The molecule has 6 aliphatic rings. The normalized spacial score (nSPS) is 27.9. The number of likely N-dealkylation sites (tertiary alicyclic amines) is 3. The summed E-state index contributed by atoms with van der Waals surface area (Å²) in [5.41, 5.74) is 1.93. The highest BCUT2D eigenvalue weighted by Crippen LogP contribution is 2.56. The van der Waals surface area contributed by atoms with Crippen LogP contribution in [0.5, 0.6) is 0 Å². The molecule has 2 spiro atoms. The van der Waals surface area contributed by atoms with E-state index in [4.69, 9.17) is 4.98 Å². The number of nitrogens with zero attached hydrogens (tertiary/aromatic N) is 7. The zero-order chi connectivity index (χ0) is 21.8. The van der Waals surface area contributed by atoms with Crippen molar-refractivity contribution in [2.45, 2.75) is 62.8 Å². The molecule has 2 aromatic heterocycles. The van der Waals surface area contributed by atoms with Gasteiger partial charge in [0.25, 0.3) is 0 Å². The lowest BCUT2D eigenvalue weighted by Crippen LogP contribution is -2.75. The molecule has 0 bridgehead atoms. The summed E-state index contributed by atoms with van der Waals surface area (Å²) in [5, 5.41) is 11.9. The van der Waals surface area contributed by atoms with Crippen LogP contribution in [0.4, 0.5) is 4.79 Å². The van der Waals surface area contributed by atoms with Crippen LogP contribution < -0.4 is 0 Å². The molecule has 0 unspecified atom stereocenters. The van der Waals surface area contributed by atoms with Crippen LogP contribution in [0.15, 0.2) is 0 Å². The number of hydrogen-bond acceptors (Lipinski definition) is 7. The summed E-state index contributed by atoms with van der Waals surface area (Å²) in [6, 6.07) is 0.256. The van der Waals surface area contributed by atoms with Crippen LogP contribution in [0, 0.1) is 10.8 Å². The molecule has 1 N–H and O–H groups in total. The third-order valence-corrected chi connectivity index (χ3v) is 9.61. The lowest BCUT2D eigenvalue weighted by Gasteiger charge is -2.63. The van der Waals surface area contributed by atoms with E-state index in [2.05, 4.69) is 34.5 Å². The summed E-state index contributed by atoms with van der Waals surface area (Å²) in [7, 11) is 0. The van der Waals surface area contributed by atoms with Gasteiger partial charge in [-0.05, 0) is 50.1 Å². The first-order valence-corrected chi connectivity index (χ1v) is 13.3. The standard InChI is InChI=1S/C23H30N8OS/c32-21(30-10-22(11-30)5-16(6-22)20-24-19(26-27-20)15-3-4-15)31-12-23(13-31)8-29(9-23)7-17-18(14-1-2-14)25-28-33-17/h14-16H,1-13H2,(H,24,26,27). The Kier molecular flexibility index (Phi) is 3.81. The van der Waals surface area contributed by atoms with Crippen LogP contribution >= 0.6 is 11.5 Å². The Bertz CT molecular complexity index is 1090. The van der Waals surface area contributed by atoms with Crippen molar-refractivity contribution in [1.29, 1.82) is 0 Å². The summed E-state index contributed by atoms with van der Waals surface area (Å²) in [6.07, 6.45) is 7.32. The van der Waals surface area contributed by atoms with Crippen molar-refractivity contribution in [3.63, 3.8) is 0 Å². The molecule has 9 nitrogen and oxygen atoms in total. The zero-order valence-corrected chi connectivity index (χ0v) is 19.7. The predicted octanol–water partition coefficient (Wildman–Crippen LogP) is 2.53. The van der Waals surface area contributed by atoms with Crippen molar-refractivity contribution in [2.24, 2.45) is 10.8 Å². The second-order valence-corrected chi connectivity index (χ2v) is 12.8. The van der Waals surface area contributed by atoms with Crippen LogP contribution in [0.25, 0.3) is 0 Å². The van der Waals surface area contributed by atoms with Crippen LogP contribution in [0.3, 0.4) is 0 Å². The van der Waals surface area contributed by atoms with Gasteiger partial charge < -0.3 is 9.80 Å². The second-order valence-electron chi connectivity index (χ2n) is 12.0. The number of aromatic amines is 1. The molecule has 6 fully saturated rings. The second kappa shape index (κ2) is 6.53. The summed E-state index contributed by atoms with van der Waals surface area (Å²) in [6.45, 7) is 6.88. The van der Waals surface area contributed by atoms with Gasteiger partial charge in [-0.1, -0.05) is 4.49 Å². The van der Waals surface area contributed by atoms with Gasteiger partial charge in [-0.15, -0.1) is 5.10 Å². The van der Waals surface area contributed by atoms with E-state index in [1.165, 1.54) is 36.3 Å². The van der Waals surface area contributed by atoms with E-state index in [1.807, 2.05) is 0 Å². The van der Waals surface area contributed by atoms with Crippen molar-refractivity contribution in [1.82, 2.24) is 39.5 Å². The van der Waals surface area contributed by atoms with Gasteiger partial charge in [0.05, 0.1) is 10.6 Å². The molecular formula is C23H30N8OS. The van der Waals surface area contributed by atoms with Crippen LogP contribution in [0.2, 0.25) is 0 Å². The molecule has 5 heterocycles. The number of H-pyrrole nitrogens is 1. The number of rotatable bonds is 5. The van der Waals surface area contributed by atoms with Gasteiger partial charge in [0.1, 0.15) is 5.82 Å². The topological polar surface area (TPSA) is 94.1 Å². The maximum Gasteiger partial charge on any atom is 0.320 e. The largest absolute Gasteiger partial charge is 0.323 e. The third kappa shape index (κ3) is 3.09. The van der Waals surface area contributed by atoms with Gasteiger partial charge in [0, 0.05) is 74.4 Å².